The fourth-order valence-corrected chi connectivity index (χ4v) is 4.73. The number of thiazole rings is 1. The second kappa shape index (κ2) is 13.7. The maximum Gasteiger partial charge on any atom is 0.170 e. The number of ether oxygens (including phenoxy) is 2. The van der Waals surface area contributed by atoms with E-state index in [0.717, 1.165) is 42.9 Å². The maximum absolute atomic E-state index is 8.71. The third-order valence-electron chi connectivity index (χ3n) is 5.68. The van der Waals surface area contributed by atoms with Crippen LogP contribution in [0.4, 0.5) is 0 Å². The summed E-state index contributed by atoms with van der Waals surface area (Å²) in [5.41, 5.74) is 8.53. The van der Waals surface area contributed by atoms with E-state index in [4.69, 9.17) is 25.4 Å². The molecule has 0 saturated heterocycles. The van der Waals surface area contributed by atoms with Crippen molar-refractivity contribution in [1.29, 1.82) is 0 Å². The molecule has 0 atom stereocenters. The number of rotatable bonds is 14. The second-order valence-corrected chi connectivity index (χ2v) is 9.99. The minimum Gasteiger partial charge on any atom is -0.494 e. The number of nitrogens with two attached hydrogens (primary N) is 1. The van der Waals surface area contributed by atoms with Gasteiger partial charge in [0.25, 0.3) is 0 Å². The SMILES string of the molecule is CCCCc1sc(C(C)C)nc1-c1ccc(OCCCCCOc2ccc(/C(N)=N/O)cc2)cc1. The average molecular weight is 496 g/mol. The van der Waals surface area contributed by atoms with Gasteiger partial charge in [-0.3, -0.25) is 0 Å². The fraction of sp³-hybridized carbons (Fsp3) is 0.429. The molecule has 1 heterocycles. The van der Waals surface area contributed by atoms with Crippen molar-refractivity contribution in [2.45, 2.75) is 65.2 Å². The number of hydrogen-bond acceptors (Lipinski definition) is 6. The van der Waals surface area contributed by atoms with Crippen molar-refractivity contribution in [2.24, 2.45) is 10.9 Å². The summed E-state index contributed by atoms with van der Waals surface area (Å²) in [7, 11) is 0. The van der Waals surface area contributed by atoms with E-state index in [1.54, 1.807) is 12.1 Å². The van der Waals surface area contributed by atoms with Gasteiger partial charge in [-0.15, -0.1) is 11.3 Å². The first-order valence-electron chi connectivity index (χ1n) is 12.5. The van der Waals surface area contributed by atoms with Crippen molar-refractivity contribution in [3.63, 3.8) is 0 Å². The van der Waals surface area contributed by atoms with E-state index in [1.807, 2.05) is 35.6 Å². The lowest BCUT2D eigenvalue weighted by atomic mass is 10.1. The van der Waals surface area contributed by atoms with Crippen molar-refractivity contribution in [3.05, 3.63) is 64.0 Å². The standard InChI is InChI=1S/C28H37N3O3S/c1-4-5-9-25-26(30-28(35-25)20(2)3)21-10-14-23(15-11-21)33-18-7-6-8-19-34-24-16-12-22(13-17-24)27(29)31-32/h10-17,20,32H,4-9,18-19H2,1-3H3,(H2,29,31). The molecular weight excluding hydrogens is 458 g/mol. The largest absolute Gasteiger partial charge is 0.494 e. The number of aryl methyl sites for hydroxylation is 1. The van der Waals surface area contributed by atoms with Crippen LogP contribution in [0.2, 0.25) is 0 Å². The molecule has 0 radical (unpaired) electrons. The molecule has 3 N–H and O–H groups in total. The topological polar surface area (TPSA) is 90.0 Å². The predicted octanol–water partition coefficient (Wildman–Crippen LogP) is 7.00. The van der Waals surface area contributed by atoms with E-state index in [9.17, 15) is 0 Å². The Kier molecular flexibility index (Phi) is 10.4. The van der Waals surface area contributed by atoms with Crippen LogP contribution in [0.5, 0.6) is 11.5 Å². The maximum atomic E-state index is 8.71. The van der Waals surface area contributed by atoms with Crippen LogP contribution < -0.4 is 15.2 Å². The Hall–Kier alpha value is -3.06. The van der Waals surface area contributed by atoms with Gasteiger partial charge in [0.1, 0.15) is 11.5 Å². The highest BCUT2D eigenvalue weighted by molar-refractivity contribution is 7.12. The average Bonchev–Trinajstić information content (AvgIpc) is 3.32. The van der Waals surface area contributed by atoms with Crippen LogP contribution in [-0.4, -0.2) is 29.2 Å². The summed E-state index contributed by atoms with van der Waals surface area (Å²) in [6, 6.07) is 15.5. The van der Waals surface area contributed by atoms with Gasteiger partial charge in [-0.1, -0.05) is 32.3 Å². The Morgan fingerprint density at radius 1 is 0.943 bits per heavy atom. The molecule has 0 bridgehead atoms. The minimum absolute atomic E-state index is 0.0892. The van der Waals surface area contributed by atoms with Crippen molar-refractivity contribution >= 4 is 17.2 Å². The highest BCUT2D eigenvalue weighted by Gasteiger charge is 2.15. The number of nitrogens with zero attached hydrogens (tertiary/aromatic N) is 2. The first-order valence-corrected chi connectivity index (χ1v) is 13.3. The van der Waals surface area contributed by atoms with Gasteiger partial charge < -0.3 is 20.4 Å². The van der Waals surface area contributed by atoms with E-state index in [2.05, 4.69) is 38.1 Å². The summed E-state index contributed by atoms with van der Waals surface area (Å²) < 4.78 is 11.7. The summed E-state index contributed by atoms with van der Waals surface area (Å²) in [4.78, 5) is 6.34. The molecule has 0 amide bonds. The molecule has 0 unspecified atom stereocenters. The van der Waals surface area contributed by atoms with Crippen LogP contribution in [0.3, 0.4) is 0 Å². The van der Waals surface area contributed by atoms with Crippen molar-refractivity contribution < 1.29 is 14.7 Å². The first-order chi connectivity index (χ1) is 17.0. The molecule has 3 aromatic rings. The predicted molar refractivity (Wildman–Crippen MR) is 144 cm³/mol. The number of aromatic nitrogens is 1. The van der Waals surface area contributed by atoms with Gasteiger partial charge in [0.05, 0.1) is 23.9 Å². The molecular formula is C28H37N3O3S. The molecule has 6 nitrogen and oxygen atoms in total. The third-order valence-corrected chi connectivity index (χ3v) is 7.09. The summed E-state index contributed by atoms with van der Waals surface area (Å²) in [5.74, 6) is 2.21. The number of hydrogen-bond donors (Lipinski definition) is 2. The molecule has 1 aromatic heterocycles. The van der Waals surface area contributed by atoms with Crippen LogP contribution in [-0.2, 0) is 6.42 Å². The van der Waals surface area contributed by atoms with Crippen molar-refractivity contribution in [3.8, 4) is 22.8 Å². The summed E-state index contributed by atoms with van der Waals surface area (Å²) in [6.45, 7) is 7.97. The third kappa shape index (κ3) is 7.99. The monoisotopic (exact) mass is 495 g/mol. The highest BCUT2D eigenvalue weighted by Crippen LogP contribution is 2.33. The smallest absolute Gasteiger partial charge is 0.170 e. The van der Waals surface area contributed by atoms with E-state index in [-0.39, 0.29) is 5.84 Å². The summed E-state index contributed by atoms with van der Waals surface area (Å²) in [5, 5.41) is 12.9. The molecule has 0 spiro atoms. The van der Waals surface area contributed by atoms with Crippen LogP contribution in [0.15, 0.2) is 53.7 Å². The lowest BCUT2D eigenvalue weighted by Crippen LogP contribution is -2.12. The molecule has 7 heteroatoms. The quantitative estimate of drug-likeness (QED) is 0.0826. The van der Waals surface area contributed by atoms with Crippen molar-refractivity contribution in [1.82, 2.24) is 4.98 Å². The Labute approximate surface area is 212 Å². The Balaban J connectivity index is 1.39. The van der Waals surface area contributed by atoms with Gasteiger partial charge in [-0.05, 0) is 80.6 Å². The zero-order valence-electron chi connectivity index (χ0n) is 21.0. The molecule has 0 fully saturated rings. The highest BCUT2D eigenvalue weighted by atomic mass is 32.1. The molecule has 0 saturated carbocycles. The van der Waals surface area contributed by atoms with Crippen LogP contribution >= 0.6 is 11.3 Å². The number of oxime groups is 1. The Morgan fingerprint density at radius 2 is 1.54 bits per heavy atom. The van der Waals surface area contributed by atoms with Crippen LogP contribution in [0.25, 0.3) is 11.3 Å². The molecule has 3 rings (SSSR count). The zero-order chi connectivity index (χ0) is 25.0. The van der Waals surface area contributed by atoms with E-state index < -0.39 is 0 Å². The molecule has 2 aromatic carbocycles. The van der Waals surface area contributed by atoms with Gasteiger partial charge >= 0.3 is 0 Å². The van der Waals surface area contributed by atoms with E-state index in [0.29, 0.717) is 24.7 Å². The molecule has 0 aliphatic rings. The van der Waals surface area contributed by atoms with Gasteiger partial charge in [0.15, 0.2) is 5.84 Å². The lowest BCUT2D eigenvalue weighted by Gasteiger charge is -2.09. The van der Waals surface area contributed by atoms with Gasteiger partial charge in [0.2, 0.25) is 0 Å². The number of amidine groups is 1. The van der Waals surface area contributed by atoms with Gasteiger partial charge in [-0.2, -0.15) is 0 Å². The fourth-order valence-electron chi connectivity index (χ4n) is 3.60. The van der Waals surface area contributed by atoms with Gasteiger partial charge in [-0.25, -0.2) is 4.98 Å². The molecule has 0 aliphatic heterocycles. The summed E-state index contributed by atoms with van der Waals surface area (Å²) >= 11 is 1.86. The molecule has 0 aliphatic carbocycles. The zero-order valence-corrected chi connectivity index (χ0v) is 21.8. The first kappa shape index (κ1) is 26.5. The molecule has 188 valence electrons. The van der Waals surface area contributed by atoms with Crippen LogP contribution in [0.1, 0.15) is 74.2 Å². The second-order valence-electron chi connectivity index (χ2n) is 8.87. The van der Waals surface area contributed by atoms with E-state index in [1.165, 1.54) is 28.3 Å². The van der Waals surface area contributed by atoms with Crippen molar-refractivity contribution in [2.75, 3.05) is 13.2 Å². The van der Waals surface area contributed by atoms with E-state index >= 15 is 0 Å². The Morgan fingerprint density at radius 3 is 2.09 bits per heavy atom. The number of benzene rings is 2. The van der Waals surface area contributed by atoms with Gasteiger partial charge in [0, 0.05) is 21.9 Å². The summed E-state index contributed by atoms with van der Waals surface area (Å²) in [6.07, 6.45) is 6.43. The Bertz CT molecular complexity index is 1060. The minimum atomic E-state index is 0.0892. The number of unbranched alkanes of at least 4 members (excludes halogenated alkanes) is 3. The lowest BCUT2D eigenvalue weighted by molar-refractivity contribution is 0.279. The van der Waals surface area contributed by atoms with Crippen LogP contribution in [0, 0.1) is 0 Å². The molecule has 35 heavy (non-hydrogen) atoms. The normalized spacial score (nSPS) is 11.7.